The normalized spacial score (nSPS) is 14.0. The summed E-state index contributed by atoms with van der Waals surface area (Å²) in [5.41, 5.74) is 0.685. The molecule has 0 atom stereocenters. The van der Waals surface area contributed by atoms with E-state index in [4.69, 9.17) is 20.4 Å². The van der Waals surface area contributed by atoms with E-state index in [0.717, 1.165) is 0 Å². The number of carboxylic acids is 2. The van der Waals surface area contributed by atoms with Crippen LogP contribution < -0.4 is 4.74 Å². The van der Waals surface area contributed by atoms with Crippen LogP contribution in [0.1, 0.15) is 18.0 Å². The third-order valence-corrected chi connectivity index (χ3v) is 2.70. The van der Waals surface area contributed by atoms with Gasteiger partial charge in [-0.25, -0.2) is 9.59 Å². The van der Waals surface area contributed by atoms with Crippen LogP contribution in [0.4, 0.5) is 0 Å². The van der Waals surface area contributed by atoms with Crippen LogP contribution in [-0.4, -0.2) is 58.6 Å². The number of aliphatic carboxylic acids is 2. The summed E-state index contributed by atoms with van der Waals surface area (Å²) in [6, 6.07) is 4.95. The average molecular weight is 366 g/mol. The zero-order valence-corrected chi connectivity index (χ0v) is 14.4. The minimum Gasteiger partial charge on any atom is -0.478 e. The Bertz CT molecular complexity index is 953. The summed E-state index contributed by atoms with van der Waals surface area (Å²) in [6.45, 7) is -0.982. The maximum Gasteiger partial charge on any atom is 0.328 e. The van der Waals surface area contributed by atoms with Gasteiger partial charge in [-0.2, -0.15) is 0 Å². The minimum absolute atomic E-state index is 0.109. The number of carboxylic acid groups (broad SMARTS) is 2. The maximum absolute atomic E-state index is 11.2. The van der Waals surface area contributed by atoms with Gasteiger partial charge >= 0.3 is 17.9 Å². The van der Waals surface area contributed by atoms with Crippen LogP contribution in [0.3, 0.4) is 0 Å². The number of hydrogen-bond acceptors (Lipinski definition) is 5. The molecule has 0 bridgehead atoms. The van der Waals surface area contributed by atoms with Crippen LogP contribution >= 0.6 is 0 Å². The second-order valence-electron chi connectivity index (χ2n) is 5.12. The highest BCUT2D eigenvalue weighted by molar-refractivity contribution is 5.91. The molecular formula is C18H22N2O6. The molecule has 0 saturated carbocycles. The molecule has 26 heavy (non-hydrogen) atoms. The van der Waals surface area contributed by atoms with Crippen molar-refractivity contribution >= 4 is 28.8 Å². The van der Waals surface area contributed by atoms with Gasteiger partial charge in [-0.3, -0.25) is 4.79 Å². The molecule has 0 aliphatic carbocycles. The fourth-order valence-corrected chi connectivity index (χ4v) is 1.80. The number of hydrogen-bond donors (Lipinski definition) is 3. The van der Waals surface area contributed by atoms with E-state index in [9.17, 15) is 14.4 Å². The third-order valence-electron chi connectivity index (χ3n) is 2.70. The Morgan fingerprint density at radius 2 is 1.85 bits per heavy atom. The van der Waals surface area contributed by atoms with Crippen molar-refractivity contribution in [2.75, 3.05) is 20.6 Å². The highest BCUT2D eigenvalue weighted by Gasteiger charge is 2.11. The van der Waals surface area contributed by atoms with Gasteiger partial charge in [0, 0.05) is 48.2 Å². The van der Waals surface area contributed by atoms with Crippen molar-refractivity contribution in [1.82, 2.24) is 9.88 Å². The van der Waals surface area contributed by atoms with Gasteiger partial charge in [-0.05, 0) is 38.2 Å². The molecule has 0 saturated heterocycles. The SMILES string of the molecule is O=C(O)/C=C\C(=O)O.[2H]C([2H])(c1c[nH]c2cccc(OC(C)=O)c12)C([2H])([2H])N(C)C. The first-order chi connectivity index (χ1) is 13.7. The minimum atomic E-state index is -2.31. The molecule has 3 N–H and O–H groups in total. The Labute approximate surface area is 156 Å². The summed E-state index contributed by atoms with van der Waals surface area (Å²) in [7, 11) is 2.94. The highest BCUT2D eigenvalue weighted by atomic mass is 16.5. The molecule has 8 heteroatoms. The number of benzene rings is 1. The summed E-state index contributed by atoms with van der Waals surface area (Å²) in [6.07, 6.45) is 0.217. The lowest BCUT2D eigenvalue weighted by Gasteiger charge is -2.09. The summed E-state index contributed by atoms with van der Waals surface area (Å²) < 4.78 is 37.8. The van der Waals surface area contributed by atoms with Crippen molar-refractivity contribution in [3.05, 3.63) is 42.1 Å². The van der Waals surface area contributed by atoms with Crippen molar-refractivity contribution in [1.29, 1.82) is 0 Å². The molecule has 140 valence electrons. The van der Waals surface area contributed by atoms with E-state index >= 15 is 0 Å². The van der Waals surface area contributed by atoms with E-state index in [2.05, 4.69) is 4.98 Å². The molecule has 0 amide bonds. The van der Waals surface area contributed by atoms with Crippen LogP contribution in [0.25, 0.3) is 10.9 Å². The van der Waals surface area contributed by atoms with Gasteiger partial charge in [0.2, 0.25) is 0 Å². The molecule has 8 nitrogen and oxygen atoms in total. The maximum atomic E-state index is 11.2. The quantitative estimate of drug-likeness (QED) is 0.406. The van der Waals surface area contributed by atoms with Crippen LogP contribution in [0.15, 0.2) is 36.5 Å². The zero-order chi connectivity index (χ0) is 23.3. The van der Waals surface area contributed by atoms with Crippen LogP contribution in [0.5, 0.6) is 5.75 Å². The number of nitrogens with zero attached hydrogens (tertiary/aromatic N) is 1. The van der Waals surface area contributed by atoms with Crippen molar-refractivity contribution in [3.8, 4) is 5.75 Å². The first-order valence-electron chi connectivity index (χ1n) is 9.32. The molecule has 2 aromatic rings. The first-order valence-corrected chi connectivity index (χ1v) is 7.32. The Kier molecular flexibility index (Phi) is 5.82. The summed E-state index contributed by atoms with van der Waals surface area (Å²) in [5, 5.41) is 16.0. The predicted octanol–water partition coefficient (Wildman–Crippen LogP) is 1.91. The number of ether oxygens (including phenoxy) is 1. The predicted molar refractivity (Wildman–Crippen MR) is 96.3 cm³/mol. The molecule has 1 aromatic heterocycles. The number of aryl methyl sites for hydroxylation is 1. The summed E-state index contributed by atoms with van der Waals surface area (Å²) >= 11 is 0. The van der Waals surface area contributed by atoms with Crippen molar-refractivity contribution in [3.63, 3.8) is 0 Å². The lowest BCUT2D eigenvalue weighted by Crippen LogP contribution is -2.15. The van der Waals surface area contributed by atoms with E-state index in [-0.39, 0.29) is 11.3 Å². The Balaban J connectivity index is 0.000000479. The largest absolute Gasteiger partial charge is 0.478 e. The third kappa shape index (κ3) is 7.18. The molecule has 0 spiro atoms. The van der Waals surface area contributed by atoms with Crippen LogP contribution in [0, 0.1) is 0 Å². The second kappa shape index (κ2) is 10.00. The molecule has 2 rings (SSSR count). The molecule has 0 aliphatic rings. The number of nitrogens with one attached hydrogen (secondary N) is 1. The van der Waals surface area contributed by atoms with E-state index in [1.165, 1.54) is 32.1 Å². The number of carbonyl (C=O) groups is 3. The number of aromatic nitrogens is 1. The van der Waals surface area contributed by atoms with E-state index in [0.29, 0.717) is 23.1 Å². The molecule has 0 fully saturated rings. The number of fused-ring (bicyclic) bond motifs is 1. The molecule has 0 radical (unpaired) electrons. The Morgan fingerprint density at radius 3 is 2.35 bits per heavy atom. The standard InChI is InChI=1S/C14H18N2O2.C4H4O4/c1-10(17)18-13-6-4-5-12-14(13)11(9-15-12)7-8-16(2)3;5-3(6)1-2-4(7)8/h4-6,9,15H,7-8H2,1-3H3;1-2H,(H,5,6)(H,7,8)/b;2-1-/i7D2,8D2;. The van der Waals surface area contributed by atoms with E-state index in [1.54, 1.807) is 18.2 Å². The molecule has 1 aromatic carbocycles. The van der Waals surface area contributed by atoms with Gasteiger partial charge in [-0.1, -0.05) is 6.07 Å². The van der Waals surface area contributed by atoms with Gasteiger partial charge in [0.05, 0.1) is 0 Å². The molecule has 0 unspecified atom stereocenters. The van der Waals surface area contributed by atoms with Crippen LogP contribution in [-0.2, 0) is 20.8 Å². The lowest BCUT2D eigenvalue weighted by atomic mass is 10.1. The monoisotopic (exact) mass is 366 g/mol. The molecule has 0 aliphatic heterocycles. The highest BCUT2D eigenvalue weighted by Crippen LogP contribution is 2.29. The fourth-order valence-electron chi connectivity index (χ4n) is 1.80. The number of esters is 1. The van der Waals surface area contributed by atoms with Gasteiger partial charge in [0.15, 0.2) is 0 Å². The molecular weight excluding hydrogens is 340 g/mol. The van der Waals surface area contributed by atoms with Gasteiger partial charge in [0.25, 0.3) is 0 Å². The number of carbonyl (C=O) groups excluding carboxylic acids is 1. The van der Waals surface area contributed by atoms with E-state index < -0.39 is 30.8 Å². The van der Waals surface area contributed by atoms with Gasteiger partial charge in [-0.15, -0.1) is 0 Å². The summed E-state index contributed by atoms with van der Waals surface area (Å²) in [4.78, 5) is 34.4. The number of rotatable bonds is 6. The van der Waals surface area contributed by atoms with Crippen molar-refractivity contribution < 1.29 is 34.8 Å². The second-order valence-corrected chi connectivity index (χ2v) is 5.12. The van der Waals surface area contributed by atoms with Crippen molar-refractivity contribution in [2.24, 2.45) is 0 Å². The fraction of sp³-hybridized carbons (Fsp3) is 0.278. The lowest BCUT2D eigenvalue weighted by molar-refractivity contribution is -0.134. The number of H-pyrrole nitrogens is 1. The van der Waals surface area contributed by atoms with E-state index in [1.807, 2.05) is 0 Å². The van der Waals surface area contributed by atoms with Gasteiger partial charge in [0.1, 0.15) is 5.75 Å². The first kappa shape index (κ1) is 15.2. The average Bonchev–Trinajstić information content (AvgIpc) is 3.05. The van der Waals surface area contributed by atoms with Crippen molar-refractivity contribution in [2.45, 2.75) is 13.3 Å². The molecule has 1 heterocycles. The number of aromatic amines is 1. The smallest absolute Gasteiger partial charge is 0.328 e. The zero-order valence-electron chi connectivity index (χ0n) is 18.4. The topological polar surface area (TPSA) is 120 Å². The number of likely N-dealkylation sites (N-methyl/N-ethyl adjacent to an activating group) is 1. The van der Waals surface area contributed by atoms with Crippen LogP contribution in [0.2, 0.25) is 0 Å². The van der Waals surface area contributed by atoms with Gasteiger partial charge < -0.3 is 24.8 Å². The Morgan fingerprint density at radius 1 is 1.23 bits per heavy atom. The summed E-state index contributed by atoms with van der Waals surface area (Å²) in [5.74, 6) is -2.82. The Hall–Kier alpha value is -3.13.